The summed E-state index contributed by atoms with van der Waals surface area (Å²) < 4.78 is 0. The Morgan fingerprint density at radius 1 is 1.43 bits per heavy atom. The maximum absolute atomic E-state index is 10.7. The van der Waals surface area contributed by atoms with Crippen LogP contribution in [0.4, 0.5) is 0 Å². The zero-order chi connectivity index (χ0) is 10.3. The van der Waals surface area contributed by atoms with E-state index in [1.54, 1.807) is 0 Å². The van der Waals surface area contributed by atoms with Crippen LogP contribution in [0.25, 0.3) is 11.0 Å². The van der Waals surface area contributed by atoms with Crippen LogP contribution in [0.15, 0.2) is 6.20 Å². The normalized spacial score (nSPS) is 10.7. The summed E-state index contributed by atoms with van der Waals surface area (Å²) in [7, 11) is 0. The molecule has 0 fully saturated rings. The van der Waals surface area contributed by atoms with E-state index < -0.39 is 5.97 Å². The Kier molecular flexibility index (Phi) is 2.05. The quantitative estimate of drug-likeness (QED) is 0.581. The van der Waals surface area contributed by atoms with Gasteiger partial charge in [-0.1, -0.05) is 11.6 Å². The number of aromatic amines is 1. The lowest BCUT2D eigenvalue weighted by Gasteiger charge is -1.94. The van der Waals surface area contributed by atoms with E-state index in [1.165, 1.54) is 6.20 Å². The number of halogens is 2. The Morgan fingerprint density at radius 3 is 2.79 bits per heavy atom. The average Bonchev–Trinajstić information content (AvgIpc) is 2.47. The minimum Gasteiger partial charge on any atom is -0.478 e. The SMILES string of the molecule is O=C(O)c1c[nH]c2c(Cl)nc(Cl)nc12. The summed E-state index contributed by atoms with van der Waals surface area (Å²) in [6.07, 6.45) is 1.30. The van der Waals surface area contributed by atoms with Gasteiger partial charge in [-0.25, -0.2) is 14.8 Å². The van der Waals surface area contributed by atoms with Gasteiger partial charge in [0, 0.05) is 6.20 Å². The van der Waals surface area contributed by atoms with Gasteiger partial charge in [0.25, 0.3) is 0 Å². The lowest BCUT2D eigenvalue weighted by molar-refractivity contribution is 0.0699. The number of hydrogen-bond acceptors (Lipinski definition) is 3. The molecule has 0 atom stereocenters. The van der Waals surface area contributed by atoms with Gasteiger partial charge >= 0.3 is 5.97 Å². The lowest BCUT2D eigenvalue weighted by atomic mass is 10.3. The van der Waals surface area contributed by atoms with Gasteiger partial charge in [-0.05, 0) is 11.6 Å². The average molecular weight is 232 g/mol. The Bertz CT molecular complexity index is 523. The summed E-state index contributed by atoms with van der Waals surface area (Å²) in [5, 5.41) is 8.81. The molecule has 7 heteroatoms. The largest absolute Gasteiger partial charge is 0.478 e. The van der Waals surface area contributed by atoms with Crippen LogP contribution in [0, 0.1) is 0 Å². The van der Waals surface area contributed by atoms with Crippen molar-refractivity contribution in [1.82, 2.24) is 15.0 Å². The highest BCUT2D eigenvalue weighted by molar-refractivity contribution is 6.35. The van der Waals surface area contributed by atoms with Crippen molar-refractivity contribution in [3.8, 4) is 0 Å². The van der Waals surface area contributed by atoms with Gasteiger partial charge in [-0.2, -0.15) is 0 Å². The smallest absolute Gasteiger partial charge is 0.339 e. The van der Waals surface area contributed by atoms with E-state index in [4.69, 9.17) is 28.3 Å². The molecule has 2 aromatic rings. The molecule has 0 amide bonds. The second-order valence-electron chi connectivity index (χ2n) is 2.51. The maximum atomic E-state index is 10.7. The molecule has 0 aliphatic rings. The fraction of sp³-hybridized carbons (Fsp3) is 0. The molecular formula is C7H3Cl2N3O2. The van der Waals surface area contributed by atoms with Crippen LogP contribution in [-0.2, 0) is 0 Å². The summed E-state index contributed by atoms with van der Waals surface area (Å²) in [6.45, 7) is 0. The van der Waals surface area contributed by atoms with E-state index >= 15 is 0 Å². The first kappa shape index (κ1) is 9.23. The highest BCUT2D eigenvalue weighted by Crippen LogP contribution is 2.23. The van der Waals surface area contributed by atoms with E-state index in [-0.39, 0.29) is 21.5 Å². The number of carboxylic acids is 1. The number of hydrogen-bond donors (Lipinski definition) is 2. The molecule has 0 unspecified atom stereocenters. The number of carboxylic acid groups (broad SMARTS) is 1. The van der Waals surface area contributed by atoms with Gasteiger partial charge in [0.15, 0.2) is 5.15 Å². The third-order valence-electron chi connectivity index (χ3n) is 1.68. The molecule has 2 heterocycles. The van der Waals surface area contributed by atoms with Crippen molar-refractivity contribution >= 4 is 40.2 Å². The monoisotopic (exact) mass is 231 g/mol. The van der Waals surface area contributed by atoms with Crippen molar-refractivity contribution in [1.29, 1.82) is 0 Å². The van der Waals surface area contributed by atoms with Gasteiger partial charge in [-0.15, -0.1) is 0 Å². The first-order chi connectivity index (χ1) is 6.59. The lowest BCUT2D eigenvalue weighted by Crippen LogP contribution is -1.95. The fourth-order valence-electron chi connectivity index (χ4n) is 1.11. The van der Waals surface area contributed by atoms with Crippen molar-refractivity contribution in [2.75, 3.05) is 0 Å². The highest BCUT2D eigenvalue weighted by Gasteiger charge is 2.15. The van der Waals surface area contributed by atoms with Crippen molar-refractivity contribution in [3.05, 3.63) is 22.2 Å². The molecule has 0 aromatic carbocycles. The molecule has 0 saturated carbocycles. The van der Waals surface area contributed by atoms with Gasteiger partial charge < -0.3 is 10.1 Å². The van der Waals surface area contributed by atoms with Crippen LogP contribution in [0.1, 0.15) is 10.4 Å². The van der Waals surface area contributed by atoms with Crippen molar-refractivity contribution in [2.24, 2.45) is 0 Å². The van der Waals surface area contributed by atoms with Gasteiger partial charge in [0.1, 0.15) is 16.6 Å². The van der Waals surface area contributed by atoms with E-state index in [0.717, 1.165) is 0 Å². The Morgan fingerprint density at radius 2 is 2.14 bits per heavy atom. The number of aromatic carboxylic acids is 1. The molecule has 2 aromatic heterocycles. The third-order valence-corrected chi connectivity index (χ3v) is 2.13. The van der Waals surface area contributed by atoms with Gasteiger partial charge in [0.2, 0.25) is 5.28 Å². The van der Waals surface area contributed by atoms with Crippen LogP contribution < -0.4 is 0 Å². The Labute approximate surface area is 87.7 Å². The third kappa shape index (κ3) is 1.30. The predicted molar refractivity (Wildman–Crippen MR) is 50.9 cm³/mol. The molecule has 2 N–H and O–H groups in total. The van der Waals surface area contributed by atoms with Crippen molar-refractivity contribution < 1.29 is 9.90 Å². The second-order valence-corrected chi connectivity index (χ2v) is 3.21. The molecule has 14 heavy (non-hydrogen) atoms. The number of aromatic nitrogens is 3. The molecular weight excluding hydrogens is 229 g/mol. The molecule has 0 aliphatic heterocycles. The summed E-state index contributed by atoms with van der Waals surface area (Å²) >= 11 is 11.3. The zero-order valence-electron chi connectivity index (χ0n) is 6.58. The first-order valence-corrected chi connectivity index (χ1v) is 4.28. The minimum absolute atomic E-state index is 0.0196. The van der Waals surface area contributed by atoms with Crippen LogP contribution in [0.5, 0.6) is 0 Å². The number of nitrogens with one attached hydrogen (secondary N) is 1. The molecule has 0 aliphatic carbocycles. The van der Waals surface area contributed by atoms with Crippen molar-refractivity contribution in [3.63, 3.8) is 0 Å². The predicted octanol–water partition coefficient (Wildman–Crippen LogP) is 1.96. The molecule has 5 nitrogen and oxygen atoms in total. The maximum Gasteiger partial charge on any atom is 0.339 e. The molecule has 72 valence electrons. The number of carbonyl (C=O) groups is 1. The van der Waals surface area contributed by atoms with E-state index in [9.17, 15) is 4.79 Å². The highest BCUT2D eigenvalue weighted by atomic mass is 35.5. The number of H-pyrrole nitrogens is 1. The van der Waals surface area contributed by atoms with Crippen molar-refractivity contribution in [2.45, 2.75) is 0 Å². The Hall–Kier alpha value is -1.33. The molecule has 0 bridgehead atoms. The summed E-state index contributed by atoms with van der Waals surface area (Å²) in [6, 6.07) is 0. The molecule has 0 spiro atoms. The topological polar surface area (TPSA) is 78.9 Å². The second kappa shape index (κ2) is 3.11. The molecule has 0 radical (unpaired) electrons. The fourth-order valence-corrected chi connectivity index (χ4v) is 1.54. The molecule has 0 saturated heterocycles. The van der Waals surface area contributed by atoms with E-state index in [2.05, 4.69) is 15.0 Å². The Balaban J connectivity index is 2.85. The van der Waals surface area contributed by atoms with E-state index in [0.29, 0.717) is 5.52 Å². The standard InChI is InChI=1S/C7H3Cl2N3O2/c8-5-4-3(11-7(9)12-5)2(1-10-4)6(13)14/h1,10H,(H,13,14). The summed E-state index contributed by atoms with van der Waals surface area (Å²) in [5.74, 6) is -1.10. The zero-order valence-corrected chi connectivity index (χ0v) is 8.10. The summed E-state index contributed by atoms with van der Waals surface area (Å²) in [4.78, 5) is 20.8. The van der Waals surface area contributed by atoms with Gasteiger partial charge in [0.05, 0.1) is 0 Å². The van der Waals surface area contributed by atoms with Crippen LogP contribution in [-0.4, -0.2) is 26.0 Å². The number of nitrogens with zero attached hydrogens (tertiary/aromatic N) is 2. The first-order valence-electron chi connectivity index (χ1n) is 3.53. The van der Waals surface area contributed by atoms with Crippen LogP contribution in [0.3, 0.4) is 0 Å². The van der Waals surface area contributed by atoms with E-state index in [1.807, 2.05) is 0 Å². The molecule has 2 rings (SSSR count). The number of rotatable bonds is 1. The van der Waals surface area contributed by atoms with Crippen LogP contribution in [0.2, 0.25) is 10.4 Å². The summed E-state index contributed by atoms with van der Waals surface area (Å²) in [5.41, 5.74) is 0.599. The van der Waals surface area contributed by atoms with Crippen LogP contribution >= 0.6 is 23.2 Å². The minimum atomic E-state index is -1.10. The van der Waals surface area contributed by atoms with Gasteiger partial charge in [-0.3, -0.25) is 0 Å². The number of fused-ring (bicyclic) bond motifs is 1.